The van der Waals surface area contributed by atoms with Gasteiger partial charge in [0, 0.05) is 6.54 Å². The second-order valence-corrected chi connectivity index (χ2v) is 5.46. The molecule has 5 heteroatoms. The molecule has 3 rings (SSSR count). The number of methoxy groups -OCH3 is 1. The van der Waals surface area contributed by atoms with Gasteiger partial charge in [0.25, 0.3) is 0 Å². The number of fused-ring (bicyclic) bond motifs is 2. The molecule has 0 saturated heterocycles. The van der Waals surface area contributed by atoms with Crippen LogP contribution in [0.5, 0.6) is 5.88 Å². The third-order valence-corrected chi connectivity index (χ3v) is 4.46. The first-order valence-electron chi connectivity index (χ1n) is 6.66. The molecule has 2 fully saturated rings. The molecule has 0 aromatic carbocycles. The lowest BCUT2D eigenvalue weighted by Crippen LogP contribution is -2.21. The van der Waals surface area contributed by atoms with E-state index in [4.69, 9.17) is 10.5 Å². The van der Waals surface area contributed by atoms with Crippen molar-refractivity contribution < 1.29 is 4.74 Å². The minimum absolute atomic E-state index is 0.445. The minimum Gasteiger partial charge on any atom is -0.479 e. The summed E-state index contributed by atoms with van der Waals surface area (Å²) in [5, 5.41) is 3.36. The Hall–Kier alpha value is -1.52. The molecule has 1 heterocycles. The number of aromatic nitrogens is 2. The Kier molecular flexibility index (Phi) is 2.97. The summed E-state index contributed by atoms with van der Waals surface area (Å²) in [5.41, 5.74) is 6.44. The van der Waals surface area contributed by atoms with E-state index in [0.717, 1.165) is 24.3 Å². The summed E-state index contributed by atoms with van der Waals surface area (Å²) in [5.74, 6) is 3.81. The number of anilines is 2. The summed E-state index contributed by atoms with van der Waals surface area (Å²) in [6.07, 6.45) is 7.11. The second-order valence-electron chi connectivity index (χ2n) is 5.46. The lowest BCUT2D eigenvalue weighted by molar-refractivity contribution is 0.348. The van der Waals surface area contributed by atoms with Gasteiger partial charge in [-0.2, -0.15) is 4.98 Å². The predicted octanol–water partition coefficient (Wildman–Crippen LogP) is 1.92. The van der Waals surface area contributed by atoms with Crippen molar-refractivity contribution >= 4 is 11.5 Å². The normalized spacial score (nSPS) is 29.5. The Morgan fingerprint density at radius 3 is 2.94 bits per heavy atom. The van der Waals surface area contributed by atoms with E-state index in [1.54, 1.807) is 7.11 Å². The SMILES string of the molecule is COc1ncnc(NCC2CC3CCC2C3)c1N. The average Bonchev–Trinajstić information content (AvgIpc) is 3.00. The molecule has 1 aromatic heterocycles. The fourth-order valence-corrected chi connectivity index (χ4v) is 3.54. The van der Waals surface area contributed by atoms with Crippen molar-refractivity contribution in [2.75, 3.05) is 24.7 Å². The highest BCUT2D eigenvalue weighted by atomic mass is 16.5. The smallest absolute Gasteiger partial charge is 0.242 e. The van der Waals surface area contributed by atoms with Crippen molar-refractivity contribution in [3.05, 3.63) is 6.33 Å². The largest absolute Gasteiger partial charge is 0.479 e. The van der Waals surface area contributed by atoms with Crippen LogP contribution in [0.4, 0.5) is 11.5 Å². The molecule has 98 valence electrons. The van der Waals surface area contributed by atoms with E-state index in [1.807, 2.05) is 0 Å². The summed E-state index contributed by atoms with van der Waals surface area (Å²) in [7, 11) is 1.57. The number of nitrogens with one attached hydrogen (secondary N) is 1. The molecule has 3 N–H and O–H groups in total. The van der Waals surface area contributed by atoms with Crippen LogP contribution in [0.2, 0.25) is 0 Å². The molecule has 2 aliphatic rings. The van der Waals surface area contributed by atoms with Crippen molar-refractivity contribution in [2.45, 2.75) is 25.7 Å². The fraction of sp³-hybridized carbons (Fsp3) is 0.692. The van der Waals surface area contributed by atoms with Gasteiger partial charge < -0.3 is 15.8 Å². The first kappa shape index (κ1) is 11.6. The molecule has 1 aromatic rings. The van der Waals surface area contributed by atoms with Gasteiger partial charge in [0.15, 0.2) is 5.82 Å². The quantitative estimate of drug-likeness (QED) is 0.851. The molecule has 0 radical (unpaired) electrons. The van der Waals surface area contributed by atoms with E-state index in [-0.39, 0.29) is 0 Å². The zero-order valence-electron chi connectivity index (χ0n) is 10.7. The molecule has 18 heavy (non-hydrogen) atoms. The van der Waals surface area contributed by atoms with Crippen LogP contribution >= 0.6 is 0 Å². The average molecular weight is 248 g/mol. The highest BCUT2D eigenvalue weighted by molar-refractivity contribution is 5.66. The monoisotopic (exact) mass is 248 g/mol. The van der Waals surface area contributed by atoms with Gasteiger partial charge in [0.2, 0.25) is 5.88 Å². The lowest BCUT2D eigenvalue weighted by atomic mass is 9.89. The summed E-state index contributed by atoms with van der Waals surface area (Å²) in [6, 6.07) is 0. The molecule has 3 unspecified atom stereocenters. The summed E-state index contributed by atoms with van der Waals surface area (Å²) >= 11 is 0. The maximum absolute atomic E-state index is 5.94. The number of hydrogen-bond donors (Lipinski definition) is 2. The first-order valence-corrected chi connectivity index (χ1v) is 6.66. The third-order valence-electron chi connectivity index (χ3n) is 4.46. The second kappa shape index (κ2) is 4.63. The van der Waals surface area contributed by atoms with Gasteiger partial charge in [-0.15, -0.1) is 0 Å². The van der Waals surface area contributed by atoms with Gasteiger partial charge >= 0.3 is 0 Å². The van der Waals surface area contributed by atoms with Crippen molar-refractivity contribution in [1.82, 2.24) is 9.97 Å². The Bertz CT molecular complexity index is 437. The van der Waals surface area contributed by atoms with Crippen molar-refractivity contribution in [1.29, 1.82) is 0 Å². The number of nitrogen functional groups attached to an aromatic ring is 1. The highest BCUT2D eigenvalue weighted by Crippen LogP contribution is 2.48. The zero-order valence-corrected chi connectivity index (χ0v) is 10.7. The van der Waals surface area contributed by atoms with Gasteiger partial charge in [-0.1, -0.05) is 6.42 Å². The lowest BCUT2D eigenvalue weighted by Gasteiger charge is -2.22. The van der Waals surface area contributed by atoms with Gasteiger partial charge in [-0.05, 0) is 37.0 Å². The van der Waals surface area contributed by atoms with Crippen molar-refractivity contribution in [3.63, 3.8) is 0 Å². The van der Waals surface area contributed by atoms with Crippen LogP contribution < -0.4 is 15.8 Å². The van der Waals surface area contributed by atoms with Crippen LogP contribution in [0.15, 0.2) is 6.33 Å². The first-order chi connectivity index (χ1) is 8.78. The Labute approximate surface area is 107 Å². The van der Waals surface area contributed by atoms with Crippen molar-refractivity contribution in [2.24, 2.45) is 17.8 Å². The molecule has 3 atom stereocenters. The van der Waals surface area contributed by atoms with Crippen LogP contribution in [0.25, 0.3) is 0 Å². The molecule has 0 amide bonds. The van der Waals surface area contributed by atoms with E-state index < -0.39 is 0 Å². The Morgan fingerprint density at radius 1 is 1.39 bits per heavy atom. The maximum atomic E-state index is 5.94. The predicted molar refractivity (Wildman–Crippen MR) is 70.4 cm³/mol. The summed E-state index contributed by atoms with van der Waals surface area (Å²) < 4.78 is 5.09. The van der Waals surface area contributed by atoms with E-state index in [2.05, 4.69) is 15.3 Å². The third kappa shape index (κ3) is 1.98. The standard InChI is InChI=1S/C13H20N4O/c1-18-13-11(14)12(16-7-17-13)15-6-10-5-8-2-3-9(10)4-8/h7-10H,2-6,14H2,1H3,(H,15,16,17). The van der Waals surface area contributed by atoms with Gasteiger partial charge in [-0.3, -0.25) is 0 Å². The number of nitrogens with two attached hydrogens (primary N) is 1. The van der Waals surface area contributed by atoms with Crippen LogP contribution in [0.3, 0.4) is 0 Å². The molecular weight excluding hydrogens is 228 g/mol. The number of hydrogen-bond acceptors (Lipinski definition) is 5. The van der Waals surface area contributed by atoms with Crippen LogP contribution in [0.1, 0.15) is 25.7 Å². The topological polar surface area (TPSA) is 73.1 Å². The molecule has 0 spiro atoms. The number of ether oxygens (including phenoxy) is 1. The summed E-state index contributed by atoms with van der Waals surface area (Å²) in [4.78, 5) is 8.16. The van der Waals surface area contributed by atoms with Crippen LogP contribution in [-0.4, -0.2) is 23.6 Å². The maximum Gasteiger partial charge on any atom is 0.242 e. The number of nitrogens with zero attached hydrogens (tertiary/aromatic N) is 2. The van der Waals surface area contributed by atoms with Crippen LogP contribution in [0, 0.1) is 17.8 Å². The summed E-state index contributed by atoms with van der Waals surface area (Å²) in [6.45, 7) is 0.964. The Balaban J connectivity index is 1.63. The molecule has 2 bridgehead atoms. The van der Waals surface area contributed by atoms with Crippen LogP contribution in [-0.2, 0) is 0 Å². The van der Waals surface area contributed by atoms with E-state index in [1.165, 1.54) is 32.0 Å². The highest BCUT2D eigenvalue weighted by Gasteiger charge is 2.39. The Morgan fingerprint density at radius 2 is 2.28 bits per heavy atom. The zero-order chi connectivity index (χ0) is 12.5. The van der Waals surface area contributed by atoms with Crippen molar-refractivity contribution in [3.8, 4) is 5.88 Å². The van der Waals surface area contributed by atoms with Gasteiger partial charge in [-0.25, -0.2) is 4.98 Å². The molecule has 2 aliphatic carbocycles. The molecule has 2 saturated carbocycles. The van der Waals surface area contributed by atoms with E-state index in [0.29, 0.717) is 17.4 Å². The van der Waals surface area contributed by atoms with E-state index >= 15 is 0 Å². The van der Waals surface area contributed by atoms with Gasteiger partial charge in [0.1, 0.15) is 12.0 Å². The number of rotatable bonds is 4. The minimum atomic E-state index is 0.445. The fourth-order valence-electron chi connectivity index (χ4n) is 3.54. The molecule has 5 nitrogen and oxygen atoms in total. The van der Waals surface area contributed by atoms with E-state index in [9.17, 15) is 0 Å². The molecule has 0 aliphatic heterocycles. The van der Waals surface area contributed by atoms with Gasteiger partial charge in [0.05, 0.1) is 7.11 Å². The molecular formula is C13H20N4O.